The van der Waals surface area contributed by atoms with Crippen LogP contribution in [0.25, 0.3) is 0 Å². The summed E-state index contributed by atoms with van der Waals surface area (Å²) in [5, 5.41) is 11.6. The Hall–Kier alpha value is -3.11. The van der Waals surface area contributed by atoms with Gasteiger partial charge in [-0.2, -0.15) is 0 Å². The third-order valence-electron chi connectivity index (χ3n) is 4.58. The maximum absolute atomic E-state index is 13.5. The molecule has 8 nitrogen and oxygen atoms in total. The van der Waals surface area contributed by atoms with E-state index in [0.29, 0.717) is 28.3 Å². The van der Waals surface area contributed by atoms with Crippen LogP contribution in [0.5, 0.6) is 5.75 Å². The van der Waals surface area contributed by atoms with Crippen LogP contribution in [0.2, 0.25) is 0 Å². The first-order chi connectivity index (χ1) is 15.3. The molecule has 0 fully saturated rings. The van der Waals surface area contributed by atoms with Crippen molar-refractivity contribution in [3.63, 3.8) is 0 Å². The molecule has 1 aliphatic rings. The van der Waals surface area contributed by atoms with E-state index in [2.05, 4.69) is 5.32 Å². The number of carboxylic acid groups (broad SMARTS) is 1. The average molecular weight is 474 g/mol. The summed E-state index contributed by atoms with van der Waals surface area (Å²) >= 11 is 2.70. The molecule has 3 rings (SSSR count). The van der Waals surface area contributed by atoms with Crippen LogP contribution in [0.3, 0.4) is 0 Å². The number of hydrogen-bond donors (Lipinski definition) is 3. The minimum Gasteiger partial charge on any atom is -0.496 e. The van der Waals surface area contributed by atoms with E-state index >= 15 is 0 Å². The first-order valence-corrected chi connectivity index (χ1v) is 11.5. The summed E-state index contributed by atoms with van der Waals surface area (Å²) in [7, 11) is 1.51. The highest BCUT2D eigenvalue weighted by Gasteiger charge is 2.31. The van der Waals surface area contributed by atoms with Crippen molar-refractivity contribution in [2.75, 3.05) is 17.8 Å². The summed E-state index contributed by atoms with van der Waals surface area (Å²) < 4.78 is 6.17. The molecule has 2 amide bonds. The van der Waals surface area contributed by atoms with Crippen LogP contribution in [0.15, 0.2) is 52.9 Å². The van der Waals surface area contributed by atoms with Gasteiger partial charge < -0.3 is 25.8 Å². The summed E-state index contributed by atoms with van der Waals surface area (Å²) in [5.41, 5.74) is 7.15. The number of nitrogens with zero attached hydrogens (tertiary/aromatic N) is 1. The van der Waals surface area contributed by atoms with Crippen molar-refractivity contribution < 1.29 is 24.2 Å². The highest BCUT2D eigenvalue weighted by molar-refractivity contribution is 8.22. The van der Waals surface area contributed by atoms with E-state index in [1.54, 1.807) is 41.4 Å². The molecule has 168 valence electrons. The van der Waals surface area contributed by atoms with E-state index in [9.17, 15) is 14.4 Å². The molecule has 0 spiro atoms. The maximum atomic E-state index is 13.5. The summed E-state index contributed by atoms with van der Waals surface area (Å²) in [6.07, 6.45) is 1.81. The SMILES string of the molecule is COc1ccccc1C(=O)c1cc(C)ccc1N1C=C(SCCC(=O)O)SC1NC(N)=O. The molecule has 1 aliphatic heterocycles. The number of carbonyl (C=O) groups excluding carboxylic acids is 2. The van der Waals surface area contributed by atoms with Crippen LogP contribution >= 0.6 is 23.5 Å². The number of amides is 2. The molecule has 32 heavy (non-hydrogen) atoms. The predicted molar refractivity (Wildman–Crippen MR) is 127 cm³/mol. The van der Waals surface area contributed by atoms with E-state index in [-0.39, 0.29) is 12.2 Å². The van der Waals surface area contributed by atoms with Gasteiger partial charge in [0.1, 0.15) is 5.75 Å². The third-order valence-corrected chi connectivity index (χ3v) is 6.92. The third kappa shape index (κ3) is 5.57. The number of urea groups is 1. The Morgan fingerprint density at radius 3 is 2.66 bits per heavy atom. The second-order valence-electron chi connectivity index (χ2n) is 6.88. The van der Waals surface area contributed by atoms with Gasteiger partial charge in [0.2, 0.25) is 0 Å². The standard InChI is InChI=1S/C22H23N3O5S2/c1-13-7-8-16(15(11-13)20(28)14-5-3-4-6-17(14)30-2)25-12-19(31-10-9-18(26)27)32-22(25)24-21(23)29/h3-8,11-12,22H,9-10H2,1-2H3,(H,26,27)(H3,23,24,29). The average Bonchev–Trinajstić information content (AvgIpc) is 3.14. The van der Waals surface area contributed by atoms with E-state index < -0.39 is 17.5 Å². The number of nitrogens with two attached hydrogens (primary N) is 1. The number of benzene rings is 2. The Bertz CT molecular complexity index is 1070. The second kappa shape index (κ2) is 10.5. The lowest BCUT2D eigenvalue weighted by molar-refractivity contribution is -0.136. The van der Waals surface area contributed by atoms with E-state index in [4.69, 9.17) is 15.6 Å². The quantitative estimate of drug-likeness (QED) is 0.471. The predicted octanol–water partition coefficient (Wildman–Crippen LogP) is 3.75. The van der Waals surface area contributed by atoms with Crippen molar-refractivity contribution in [1.82, 2.24) is 5.32 Å². The van der Waals surface area contributed by atoms with E-state index in [1.807, 2.05) is 19.1 Å². The van der Waals surface area contributed by atoms with Crippen LogP contribution in [0.1, 0.15) is 27.9 Å². The van der Waals surface area contributed by atoms with E-state index in [1.165, 1.54) is 30.6 Å². The lowest BCUT2D eigenvalue weighted by atomic mass is 9.98. The van der Waals surface area contributed by atoms with Gasteiger partial charge >= 0.3 is 12.0 Å². The summed E-state index contributed by atoms with van der Waals surface area (Å²) in [5.74, 6) is -0.253. The molecule has 4 N–H and O–H groups in total. The lowest BCUT2D eigenvalue weighted by Gasteiger charge is -2.27. The fraction of sp³-hybridized carbons (Fsp3) is 0.227. The minimum absolute atomic E-state index is 0.0125. The molecule has 0 saturated heterocycles. The van der Waals surface area contributed by atoms with Crippen LogP contribution in [0, 0.1) is 6.92 Å². The zero-order chi connectivity index (χ0) is 23.3. The number of methoxy groups -OCH3 is 1. The van der Waals surface area contributed by atoms with Crippen molar-refractivity contribution in [2.45, 2.75) is 18.8 Å². The fourth-order valence-corrected chi connectivity index (χ4v) is 5.46. The molecule has 0 saturated carbocycles. The Morgan fingerprint density at radius 1 is 1.22 bits per heavy atom. The number of carbonyl (C=O) groups is 3. The fourth-order valence-electron chi connectivity index (χ4n) is 3.14. The number of para-hydroxylation sites is 1. The molecule has 2 aromatic carbocycles. The summed E-state index contributed by atoms with van der Waals surface area (Å²) in [6, 6.07) is 11.8. The van der Waals surface area contributed by atoms with Gasteiger partial charge in [-0.1, -0.05) is 35.5 Å². The number of ether oxygens (including phenoxy) is 1. The number of carboxylic acids is 1. The Balaban J connectivity index is 2.00. The minimum atomic E-state index is -0.881. The van der Waals surface area contributed by atoms with Crippen LogP contribution in [-0.4, -0.2) is 41.3 Å². The normalized spacial score (nSPS) is 15.2. The molecule has 1 heterocycles. The van der Waals surface area contributed by atoms with Gasteiger partial charge in [-0.25, -0.2) is 4.79 Å². The Kier molecular flexibility index (Phi) is 7.70. The number of rotatable bonds is 9. The van der Waals surface area contributed by atoms with Crippen molar-refractivity contribution in [2.24, 2.45) is 5.73 Å². The zero-order valence-electron chi connectivity index (χ0n) is 17.5. The molecule has 0 bridgehead atoms. The van der Waals surface area contributed by atoms with E-state index in [0.717, 1.165) is 9.80 Å². The van der Waals surface area contributed by atoms with Crippen LogP contribution < -0.4 is 20.7 Å². The molecule has 2 aromatic rings. The van der Waals surface area contributed by atoms with Gasteiger partial charge in [0.25, 0.3) is 0 Å². The molecule has 0 aromatic heterocycles. The van der Waals surface area contributed by atoms with Gasteiger partial charge in [-0.05, 0) is 31.2 Å². The van der Waals surface area contributed by atoms with Crippen molar-refractivity contribution >= 4 is 47.0 Å². The lowest BCUT2D eigenvalue weighted by Crippen LogP contribution is -2.44. The number of nitrogens with one attached hydrogen (secondary N) is 1. The first-order valence-electron chi connectivity index (χ1n) is 9.66. The van der Waals surface area contributed by atoms with Crippen molar-refractivity contribution in [3.8, 4) is 5.75 Å². The van der Waals surface area contributed by atoms with Gasteiger partial charge in [0.05, 0.1) is 29.0 Å². The largest absolute Gasteiger partial charge is 0.496 e. The molecule has 1 unspecified atom stereocenters. The number of primary amides is 1. The molecule has 0 aliphatic carbocycles. The number of ketones is 1. The zero-order valence-corrected chi connectivity index (χ0v) is 19.2. The summed E-state index contributed by atoms with van der Waals surface area (Å²) in [4.78, 5) is 37.7. The van der Waals surface area contributed by atoms with Gasteiger partial charge in [-0.15, -0.1) is 11.8 Å². The Labute approximate surface area is 194 Å². The highest BCUT2D eigenvalue weighted by atomic mass is 32.2. The number of aliphatic carboxylic acids is 1. The molecule has 10 heteroatoms. The number of aryl methyl sites for hydroxylation is 1. The van der Waals surface area contributed by atoms with Gasteiger partial charge in [-0.3, -0.25) is 9.59 Å². The molecular weight excluding hydrogens is 450 g/mol. The maximum Gasteiger partial charge on any atom is 0.314 e. The van der Waals surface area contributed by atoms with Crippen LogP contribution in [-0.2, 0) is 4.79 Å². The van der Waals surface area contributed by atoms with Crippen LogP contribution in [0.4, 0.5) is 10.5 Å². The second-order valence-corrected chi connectivity index (χ2v) is 9.39. The molecule has 1 atom stereocenters. The Morgan fingerprint density at radius 2 is 1.97 bits per heavy atom. The number of anilines is 1. The van der Waals surface area contributed by atoms with Crippen molar-refractivity contribution in [1.29, 1.82) is 0 Å². The number of thioether (sulfide) groups is 2. The van der Waals surface area contributed by atoms with Gasteiger partial charge in [0, 0.05) is 17.5 Å². The van der Waals surface area contributed by atoms with Gasteiger partial charge in [0.15, 0.2) is 11.3 Å². The first kappa shape index (κ1) is 23.6. The number of hydrogen-bond acceptors (Lipinski definition) is 7. The monoisotopic (exact) mass is 473 g/mol. The van der Waals surface area contributed by atoms with Crippen molar-refractivity contribution in [3.05, 3.63) is 69.6 Å². The highest BCUT2D eigenvalue weighted by Crippen LogP contribution is 2.42. The smallest absolute Gasteiger partial charge is 0.314 e. The topological polar surface area (TPSA) is 122 Å². The summed E-state index contributed by atoms with van der Waals surface area (Å²) in [6.45, 7) is 1.89. The molecule has 0 radical (unpaired) electrons. The molecular formula is C22H23N3O5S2.